The summed E-state index contributed by atoms with van der Waals surface area (Å²) in [6, 6.07) is 11.1. The van der Waals surface area contributed by atoms with Crippen molar-refractivity contribution in [3.63, 3.8) is 0 Å². The number of hydrogen-bond acceptors (Lipinski definition) is 3. The molecule has 3 heteroatoms. The number of hydrogen-bond donors (Lipinski definition) is 1. The van der Waals surface area contributed by atoms with Crippen molar-refractivity contribution in [1.29, 1.82) is 0 Å². The van der Waals surface area contributed by atoms with Gasteiger partial charge in [0.05, 0.1) is 11.2 Å². The molecule has 0 amide bonds. The monoisotopic (exact) mass is 290 g/mol. The second kappa shape index (κ2) is 6.47. The van der Waals surface area contributed by atoms with E-state index in [1.54, 1.807) is 0 Å². The summed E-state index contributed by atoms with van der Waals surface area (Å²) in [4.78, 5) is 2.54. The van der Waals surface area contributed by atoms with Crippen LogP contribution in [0.15, 0.2) is 30.3 Å². The number of rotatable bonds is 5. The number of nitrogens with one attached hydrogen (secondary N) is 1. The van der Waals surface area contributed by atoms with E-state index in [4.69, 9.17) is 4.74 Å². The van der Waals surface area contributed by atoms with Gasteiger partial charge in [0.15, 0.2) is 0 Å². The van der Waals surface area contributed by atoms with E-state index in [1.807, 2.05) is 7.05 Å². The van der Waals surface area contributed by atoms with Gasteiger partial charge in [-0.25, -0.2) is 0 Å². The molecule has 1 unspecified atom stereocenters. The van der Waals surface area contributed by atoms with Crippen molar-refractivity contribution in [2.24, 2.45) is 0 Å². The lowest BCUT2D eigenvalue weighted by Crippen LogP contribution is -2.57. The van der Waals surface area contributed by atoms with E-state index < -0.39 is 0 Å². The highest BCUT2D eigenvalue weighted by Gasteiger charge is 2.37. The Labute approximate surface area is 129 Å². The molecule has 1 saturated heterocycles. The molecule has 1 aliphatic rings. The van der Waals surface area contributed by atoms with Gasteiger partial charge in [0.1, 0.15) is 0 Å². The zero-order valence-corrected chi connectivity index (χ0v) is 14.1. The maximum atomic E-state index is 6.15. The Morgan fingerprint density at radius 2 is 1.67 bits per heavy atom. The molecule has 0 saturated carbocycles. The van der Waals surface area contributed by atoms with Crippen LogP contribution in [-0.2, 0) is 4.74 Å². The predicted octanol–water partition coefficient (Wildman–Crippen LogP) is 3.23. The minimum Gasteiger partial charge on any atom is -0.367 e. The van der Waals surface area contributed by atoms with Crippen LogP contribution < -0.4 is 5.32 Å². The van der Waals surface area contributed by atoms with E-state index in [1.165, 1.54) is 5.56 Å². The lowest BCUT2D eigenvalue weighted by Gasteiger charge is -2.47. The summed E-state index contributed by atoms with van der Waals surface area (Å²) >= 11 is 0. The fourth-order valence-corrected chi connectivity index (χ4v) is 3.58. The summed E-state index contributed by atoms with van der Waals surface area (Å²) in [6.07, 6.45) is 1.12. The fraction of sp³-hybridized carbons (Fsp3) is 0.667. The molecule has 0 radical (unpaired) electrons. The molecule has 21 heavy (non-hydrogen) atoms. The Morgan fingerprint density at radius 3 is 2.19 bits per heavy atom. The van der Waals surface area contributed by atoms with Gasteiger partial charge in [-0.2, -0.15) is 0 Å². The summed E-state index contributed by atoms with van der Waals surface area (Å²) < 4.78 is 6.15. The molecule has 1 aromatic rings. The van der Waals surface area contributed by atoms with E-state index >= 15 is 0 Å². The fourth-order valence-electron chi connectivity index (χ4n) is 3.58. The molecule has 3 nitrogen and oxygen atoms in total. The maximum Gasteiger partial charge on any atom is 0.0760 e. The lowest BCUT2D eigenvalue weighted by atomic mass is 9.97. The number of ether oxygens (including phenoxy) is 1. The van der Waals surface area contributed by atoms with Gasteiger partial charge in [-0.3, -0.25) is 4.90 Å². The van der Waals surface area contributed by atoms with Gasteiger partial charge in [-0.15, -0.1) is 0 Å². The lowest BCUT2D eigenvalue weighted by molar-refractivity contribution is -0.180. The first-order valence-electron chi connectivity index (χ1n) is 7.96. The molecule has 2 rings (SSSR count). The predicted molar refractivity (Wildman–Crippen MR) is 88.5 cm³/mol. The van der Waals surface area contributed by atoms with E-state index in [9.17, 15) is 0 Å². The second-order valence-electron chi connectivity index (χ2n) is 7.37. The van der Waals surface area contributed by atoms with Crippen molar-refractivity contribution in [3.05, 3.63) is 35.9 Å². The molecule has 1 aliphatic heterocycles. The van der Waals surface area contributed by atoms with Crippen LogP contribution in [-0.4, -0.2) is 42.8 Å². The third-order valence-corrected chi connectivity index (χ3v) is 4.05. The normalized spacial score (nSPS) is 22.9. The summed E-state index contributed by atoms with van der Waals surface area (Å²) in [5, 5.41) is 3.44. The van der Waals surface area contributed by atoms with Gasteiger partial charge in [-0.05, 0) is 46.7 Å². The molecule has 1 heterocycles. The minimum atomic E-state index is -0.0658. The van der Waals surface area contributed by atoms with E-state index in [2.05, 4.69) is 68.2 Å². The molecule has 1 aromatic carbocycles. The van der Waals surface area contributed by atoms with Gasteiger partial charge >= 0.3 is 0 Å². The van der Waals surface area contributed by atoms with Gasteiger partial charge < -0.3 is 10.1 Å². The molecule has 1 atom stereocenters. The number of nitrogens with zero attached hydrogens (tertiary/aromatic N) is 1. The zero-order chi connectivity index (χ0) is 15.5. The van der Waals surface area contributed by atoms with Gasteiger partial charge in [0, 0.05) is 25.7 Å². The Balaban J connectivity index is 1.95. The van der Waals surface area contributed by atoms with Crippen LogP contribution >= 0.6 is 0 Å². The molecule has 118 valence electrons. The van der Waals surface area contributed by atoms with Crippen LogP contribution in [0.3, 0.4) is 0 Å². The maximum absolute atomic E-state index is 6.15. The molecular weight excluding hydrogens is 260 g/mol. The first-order chi connectivity index (χ1) is 9.81. The number of morpholine rings is 1. The van der Waals surface area contributed by atoms with Crippen LogP contribution in [0.1, 0.15) is 45.7 Å². The van der Waals surface area contributed by atoms with Crippen molar-refractivity contribution in [1.82, 2.24) is 10.2 Å². The Bertz CT molecular complexity index is 426. The Morgan fingerprint density at radius 1 is 1.10 bits per heavy atom. The largest absolute Gasteiger partial charge is 0.367 e. The van der Waals surface area contributed by atoms with Crippen molar-refractivity contribution < 1.29 is 4.74 Å². The van der Waals surface area contributed by atoms with Crippen LogP contribution in [0.4, 0.5) is 0 Å². The molecule has 0 spiro atoms. The third kappa shape index (κ3) is 4.80. The first-order valence-corrected chi connectivity index (χ1v) is 7.96. The highest BCUT2D eigenvalue weighted by atomic mass is 16.5. The summed E-state index contributed by atoms with van der Waals surface area (Å²) in [5.41, 5.74) is 1.24. The van der Waals surface area contributed by atoms with E-state index in [-0.39, 0.29) is 11.2 Å². The summed E-state index contributed by atoms with van der Waals surface area (Å²) in [6.45, 7) is 11.8. The first kappa shape index (κ1) is 16.5. The van der Waals surface area contributed by atoms with Crippen molar-refractivity contribution in [3.8, 4) is 0 Å². The summed E-state index contributed by atoms with van der Waals surface area (Å²) in [7, 11) is 2.05. The van der Waals surface area contributed by atoms with Gasteiger partial charge in [-0.1, -0.05) is 30.3 Å². The van der Waals surface area contributed by atoms with Crippen LogP contribution in [0.2, 0.25) is 0 Å². The van der Waals surface area contributed by atoms with E-state index in [0.29, 0.717) is 6.04 Å². The Kier molecular flexibility index (Phi) is 5.07. The third-order valence-electron chi connectivity index (χ3n) is 4.05. The molecule has 0 aliphatic carbocycles. The number of benzene rings is 1. The highest BCUT2D eigenvalue weighted by molar-refractivity contribution is 5.18. The zero-order valence-electron chi connectivity index (χ0n) is 14.1. The molecule has 0 aromatic heterocycles. The van der Waals surface area contributed by atoms with Crippen molar-refractivity contribution in [2.75, 3.05) is 26.7 Å². The quantitative estimate of drug-likeness (QED) is 0.901. The average molecular weight is 290 g/mol. The SMILES string of the molecule is CNC(CCN1CC(C)(C)OC(C)(C)C1)c1ccccc1. The van der Waals surface area contributed by atoms with Crippen molar-refractivity contribution >= 4 is 0 Å². The smallest absolute Gasteiger partial charge is 0.0760 e. The summed E-state index contributed by atoms with van der Waals surface area (Å²) in [5.74, 6) is 0. The second-order valence-corrected chi connectivity index (χ2v) is 7.37. The van der Waals surface area contributed by atoms with E-state index in [0.717, 1.165) is 26.1 Å². The minimum absolute atomic E-state index is 0.0658. The van der Waals surface area contributed by atoms with Crippen molar-refractivity contribution in [2.45, 2.75) is 51.4 Å². The molecule has 1 fully saturated rings. The van der Waals surface area contributed by atoms with Crippen LogP contribution in [0.25, 0.3) is 0 Å². The molecular formula is C18H30N2O. The Hall–Kier alpha value is -0.900. The average Bonchev–Trinajstić information content (AvgIpc) is 2.37. The topological polar surface area (TPSA) is 24.5 Å². The van der Waals surface area contributed by atoms with Gasteiger partial charge in [0.2, 0.25) is 0 Å². The molecule has 0 bridgehead atoms. The highest BCUT2D eigenvalue weighted by Crippen LogP contribution is 2.28. The standard InChI is InChI=1S/C18H30N2O/c1-17(2)13-20(14-18(3,4)21-17)12-11-16(19-5)15-9-7-6-8-10-15/h6-10,16,19H,11-14H2,1-5H3. The van der Waals surface area contributed by atoms with Crippen LogP contribution in [0.5, 0.6) is 0 Å². The molecule has 1 N–H and O–H groups in total. The van der Waals surface area contributed by atoms with Crippen LogP contribution in [0, 0.1) is 0 Å². The van der Waals surface area contributed by atoms with Gasteiger partial charge in [0.25, 0.3) is 0 Å².